The summed E-state index contributed by atoms with van der Waals surface area (Å²) in [5.74, 6) is 0.301. The van der Waals surface area contributed by atoms with E-state index in [9.17, 15) is 14.4 Å². The van der Waals surface area contributed by atoms with E-state index < -0.39 is 12.0 Å². The molecule has 1 aliphatic rings. The minimum atomic E-state index is -0.543. The van der Waals surface area contributed by atoms with Gasteiger partial charge in [-0.25, -0.2) is 0 Å². The number of carbonyl (C=O) groups excluding carboxylic acids is 3. The van der Waals surface area contributed by atoms with Crippen molar-refractivity contribution in [2.75, 3.05) is 13.7 Å². The first-order chi connectivity index (χ1) is 14.4. The second kappa shape index (κ2) is 12.2. The Morgan fingerprint density at radius 3 is 2.30 bits per heavy atom. The van der Waals surface area contributed by atoms with E-state index in [-0.39, 0.29) is 43.8 Å². The highest BCUT2D eigenvalue weighted by Gasteiger charge is 2.23. The van der Waals surface area contributed by atoms with Crippen LogP contribution >= 0.6 is 0 Å². The molecule has 0 bridgehead atoms. The fourth-order valence-electron chi connectivity index (χ4n) is 3.55. The van der Waals surface area contributed by atoms with E-state index >= 15 is 0 Å². The second-order valence-corrected chi connectivity index (χ2v) is 7.77. The Balaban J connectivity index is 1.87. The van der Waals surface area contributed by atoms with Gasteiger partial charge in [0.15, 0.2) is 0 Å². The zero-order chi connectivity index (χ0) is 21.9. The van der Waals surface area contributed by atoms with Crippen molar-refractivity contribution in [1.29, 1.82) is 0 Å². The number of amides is 1. The molecule has 1 fully saturated rings. The number of nitrogens with one attached hydrogen (secondary N) is 1. The summed E-state index contributed by atoms with van der Waals surface area (Å²) in [6.07, 6.45) is 3.91. The lowest BCUT2D eigenvalue weighted by Crippen LogP contribution is -2.31. The molecule has 0 radical (unpaired) electrons. The maximum atomic E-state index is 12.4. The zero-order valence-electron chi connectivity index (χ0n) is 18.1. The highest BCUT2D eigenvalue weighted by molar-refractivity contribution is 5.82. The van der Waals surface area contributed by atoms with Crippen molar-refractivity contribution in [3.8, 4) is 5.75 Å². The molecule has 1 aliphatic carbocycles. The molecule has 7 nitrogen and oxygen atoms in total. The average Bonchev–Trinajstić information content (AvgIpc) is 2.74. The van der Waals surface area contributed by atoms with Crippen LogP contribution in [-0.2, 0) is 23.9 Å². The second-order valence-electron chi connectivity index (χ2n) is 7.77. The number of hydrogen-bond donors (Lipinski definition) is 1. The number of benzene rings is 1. The van der Waals surface area contributed by atoms with Gasteiger partial charge in [0.2, 0.25) is 5.91 Å². The molecular weight excluding hydrogens is 386 g/mol. The number of ether oxygens (including phenoxy) is 3. The number of methoxy groups -OCH3 is 1. The molecule has 166 valence electrons. The van der Waals surface area contributed by atoms with Crippen LogP contribution in [0.3, 0.4) is 0 Å². The standard InChI is InChI=1S/C23H33NO6/c1-4-29-23(27)15-20(17-7-11-18(28-3)12-8-17)24-21(25)13-14-22(26)30-19-9-5-16(2)6-10-19/h7-8,11-12,16,19-20H,4-6,9-10,13-15H2,1-3H3,(H,24,25). The molecule has 7 heteroatoms. The van der Waals surface area contributed by atoms with E-state index in [1.807, 2.05) is 0 Å². The summed E-state index contributed by atoms with van der Waals surface area (Å²) in [4.78, 5) is 36.5. The normalized spacial score (nSPS) is 19.4. The van der Waals surface area contributed by atoms with Crippen LogP contribution in [0.1, 0.15) is 70.4 Å². The minimum Gasteiger partial charge on any atom is -0.497 e. The number of rotatable bonds is 10. The van der Waals surface area contributed by atoms with Crippen molar-refractivity contribution in [3.63, 3.8) is 0 Å². The predicted molar refractivity (Wildman–Crippen MR) is 112 cm³/mol. The number of carbonyl (C=O) groups is 3. The van der Waals surface area contributed by atoms with Gasteiger partial charge in [-0.05, 0) is 56.2 Å². The van der Waals surface area contributed by atoms with Gasteiger partial charge in [-0.2, -0.15) is 0 Å². The van der Waals surface area contributed by atoms with Crippen molar-refractivity contribution < 1.29 is 28.6 Å². The van der Waals surface area contributed by atoms with Crippen molar-refractivity contribution in [2.24, 2.45) is 5.92 Å². The Hall–Kier alpha value is -2.57. The molecule has 1 aromatic carbocycles. The van der Waals surface area contributed by atoms with Crippen LogP contribution in [0.5, 0.6) is 5.75 Å². The summed E-state index contributed by atoms with van der Waals surface area (Å²) in [6, 6.07) is 6.57. The van der Waals surface area contributed by atoms with Crippen LogP contribution in [0, 0.1) is 5.92 Å². The van der Waals surface area contributed by atoms with E-state index in [2.05, 4.69) is 12.2 Å². The van der Waals surface area contributed by atoms with Crippen LogP contribution in [0.4, 0.5) is 0 Å². The summed E-state index contributed by atoms with van der Waals surface area (Å²) < 4.78 is 15.7. The van der Waals surface area contributed by atoms with Gasteiger partial charge >= 0.3 is 11.9 Å². The van der Waals surface area contributed by atoms with Crippen LogP contribution in [0.25, 0.3) is 0 Å². The largest absolute Gasteiger partial charge is 0.497 e. The Morgan fingerprint density at radius 1 is 1.03 bits per heavy atom. The van der Waals surface area contributed by atoms with Crippen molar-refractivity contribution in [1.82, 2.24) is 5.32 Å². The monoisotopic (exact) mass is 419 g/mol. The Bertz CT molecular complexity index is 694. The number of esters is 2. The van der Waals surface area contributed by atoms with Crippen LogP contribution in [0.2, 0.25) is 0 Å². The lowest BCUT2D eigenvalue weighted by molar-refractivity contribution is -0.152. The Morgan fingerprint density at radius 2 is 1.70 bits per heavy atom. The molecule has 0 aliphatic heterocycles. The summed E-state index contributed by atoms with van der Waals surface area (Å²) in [6.45, 7) is 4.21. The maximum absolute atomic E-state index is 12.4. The average molecular weight is 420 g/mol. The summed E-state index contributed by atoms with van der Waals surface area (Å²) in [7, 11) is 1.57. The fourth-order valence-corrected chi connectivity index (χ4v) is 3.55. The van der Waals surface area contributed by atoms with Crippen molar-refractivity contribution in [3.05, 3.63) is 29.8 Å². The first kappa shape index (κ1) is 23.7. The molecule has 1 amide bonds. The molecule has 1 aromatic rings. The van der Waals surface area contributed by atoms with Gasteiger partial charge in [0.25, 0.3) is 0 Å². The van der Waals surface area contributed by atoms with Gasteiger partial charge in [0.1, 0.15) is 11.9 Å². The van der Waals surface area contributed by atoms with E-state index in [1.54, 1.807) is 38.3 Å². The molecule has 30 heavy (non-hydrogen) atoms. The van der Waals surface area contributed by atoms with E-state index in [1.165, 1.54) is 0 Å². The van der Waals surface area contributed by atoms with Crippen LogP contribution < -0.4 is 10.1 Å². The van der Waals surface area contributed by atoms with Gasteiger partial charge in [0, 0.05) is 6.42 Å². The van der Waals surface area contributed by atoms with E-state index in [0.717, 1.165) is 31.2 Å². The third-order valence-corrected chi connectivity index (χ3v) is 5.35. The molecule has 0 saturated heterocycles. The maximum Gasteiger partial charge on any atom is 0.308 e. The SMILES string of the molecule is CCOC(=O)CC(NC(=O)CCC(=O)OC1CCC(C)CC1)c1ccc(OC)cc1. The van der Waals surface area contributed by atoms with Crippen LogP contribution in [0.15, 0.2) is 24.3 Å². The smallest absolute Gasteiger partial charge is 0.308 e. The number of hydrogen-bond acceptors (Lipinski definition) is 6. The molecule has 0 heterocycles. The summed E-state index contributed by atoms with van der Waals surface area (Å²) in [5, 5.41) is 2.84. The lowest BCUT2D eigenvalue weighted by Gasteiger charge is -2.26. The van der Waals surface area contributed by atoms with Crippen molar-refractivity contribution >= 4 is 17.8 Å². The first-order valence-corrected chi connectivity index (χ1v) is 10.7. The molecule has 0 aromatic heterocycles. The molecule has 1 unspecified atom stereocenters. The molecule has 0 spiro atoms. The van der Waals surface area contributed by atoms with Gasteiger partial charge in [-0.15, -0.1) is 0 Å². The van der Waals surface area contributed by atoms with Crippen LogP contribution in [-0.4, -0.2) is 37.7 Å². The van der Waals surface area contributed by atoms with Gasteiger partial charge in [-0.1, -0.05) is 19.1 Å². The third kappa shape index (κ3) is 8.05. The van der Waals surface area contributed by atoms with E-state index in [0.29, 0.717) is 11.7 Å². The quantitative estimate of drug-likeness (QED) is 0.582. The molecule has 2 rings (SSSR count). The Labute approximate surface area is 178 Å². The lowest BCUT2D eigenvalue weighted by atomic mass is 9.89. The molecule has 1 saturated carbocycles. The van der Waals surface area contributed by atoms with E-state index in [4.69, 9.17) is 14.2 Å². The summed E-state index contributed by atoms with van der Waals surface area (Å²) >= 11 is 0. The topological polar surface area (TPSA) is 90.9 Å². The highest BCUT2D eigenvalue weighted by Crippen LogP contribution is 2.26. The fraction of sp³-hybridized carbons (Fsp3) is 0.609. The van der Waals surface area contributed by atoms with Gasteiger partial charge in [-0.3, -0.25) is 14.4 Å². The first-order valence-electron chi connectivity index (χ1n) is 10.7. The third-order valence-electron chi connectivity index (χ3n) is 5.35. The molecule has 1 N–H and O–H groups in total. The van der Waals surface area contributed by atoms with Gasteiger partial charge in [0.05, 0.1) is 32.6 Å². The molecular formula is C23H33NO6. The zero-order valence-corrected chi connectivity index (χ0v) is 18.1. The predicted octanol–water partition coefficient (Wildman–Crippen LogP) is 3.71. The Kier molecular flexibility index (Phi) is 9.64. The molecule has 1 atom stereocenters. The minimum absolute atomic E-state index is 0.0105. The van der Waals surface area contributed by atoms with Crippen molar-refractivity contribution in [2.45, 2.75) is 70.9 Å². The highest BCUT2D eigenvalue weighted by atomic mass is 16.5. The van der Waals surface area contributed by atoms with Gasteiger partial charge < -0.3 is 19.5 Å². The summed E-state index contributed by atoms with van der Waals surface area (Å²) in [5.41, 5.74) is 0.760.